The van der Waals surface area contributed by atoms with Gasteiger partial charge in [-0.05, 0) is 6.92 Å². The summed E-state index contributed by atoms with van der Waals surface area (Å²) in [5, 5.41) is 4.99. The molecular weight excluding hydrogens is 252 g/mol. The molecule has 0 spiro atoms. The summed E-state index contributed by atoms with van der Waals surface area (Å²) in [7, 11) is 1.33. The highest BCUT2D eigenvalue weighted by Crippen LogP contribution is 2.14. The molecule has 0 saturated carbocycles. The highest BCUT2D eigenvalue weighted by atomic mass is 32.1. The fraction of sp³-hybridized carbons (Fsp3) is 0.273. The van der Waals surface area contributed by atoms with Crippen molar-refractivity contribution in [2.45, 2.75) is 13.5 Å². The molecule has 0 saturated heterocycles. The third-order valence-electron chi connectivity index (χ3n) is 2.23. The zero-order valence-electron chi connectivity index (χ0n) is 10.0. The smallest absolute Gasteiger partial charge is 0.343 e. The maximum atomic E-state index is 11.6. The lowest BCUT2D eigenvalue weighted by Gasteiger charge is -2.08. The Hall–Kier alpha value is -2.02. The van der Waals surface area contributed by atoms with Crippen LogP contribution in [0.3, 0.4) is 0 Å². The zero-order valence-corrected chi connectivity index (χ0v) is 10.8. The first-order chi connectivity index (χ1) is 8.70. The zero-order chi connectivity index (χ0) is 13.0. The van der Waals surface area contributed by atoms with Crippen molar-refractivity contribution in [1.29, 1.82) is 0 Å². The summed E-state index contributed by atoms with van der Waals surface area (Å²) in [5.74, 6) is 0.585. The van der Waals surface area contributed by atoms with E-state index in [1.165, 1.54) is 24.6 Å². The topological polar surface area (TPSA) is 77.0 Å². The largest absolute Gasteiger partial charge is 0.465 e. The van der Waals surface area contributed by atoms with Crippen molar-refractivity contribution in [2.75, 3.05) is 12.4 Å². The van der Waals surface area contributed by atoms with Crippen LogP contribution >= 0.6 is 11.3 Å². The lowest BCUT2D eigenvalue weighted by Crippen LogP contribution is -2.11. The van der Waals surface area contributed by atoms with Gasteiger partial charge in [0.05, 0.1) is 24.9 Å². The van der Waals surface area contributed by atoms with Gasteiger partial charge in [-0.2, -0.15) is 0 Å². The number of aryl methyl sites for hydroxylation is 1. The maximum Gasteiger partial charge on any atom is 0.343 e. The van der Waals surface area contributed by atoms with Crippen molar-refractivity contribution in [1.82, 2.24) is 15.0 Å². The Bertz CT molecular complexity index is 542. The molecule has 0 aromatic carbocycles. The molecule has 6 nitrogen and oxygen atoms in total. The Morgan fingerprint density at radius 3 is 3.00 bits per heavy atom. The number of esters is 1. The normalized spacial score (nSPS) is 10.1. The molecule has 0 aliphatic rings. The lowest BCUT2D eigenvalue weighted by atomic mass is 10.3. The molecule has 0 aliphatic carbocycles. The molecule has 0 unspecified atom stereocenters. The first-order valence-corrected chi connectivity index (χ1v) is 6.18. The van der Waals surface area contributed by atoms with Crippen LogP contribution in [-0.2, 0) is 11.3 Å². The van der Waals surface area contributed by atoms with E-state index in [4.69, 9.17) is 0 Å². The molecule has 0 bridgehead atoms. The number of anilines is 1. The van der Waals surface area contributed by atoms with Crippen LogP contribution in [0.5, 0.6) is 0 Å². The van der Waals surface area contributed by atoms with Gasteiger partial charge in [-0.25, -0.2) is 19.7 Å². The summed E-state index contributed by atoms with van der Waals surface area (Å²) in [6.45, 7) is 2.26. The first kappa shape index (κ1) is 12.4. The van der Waals surface area contributed by atoms with Gasteiger partial charge in [-0.15, -0.1) is 11.3 Å². The fourth-order valence-corrected chi connectivity index (χ4v) is 1.92. The third-order valence-corrected chi connectivity index (χ3v) is 2.87. The van der Waals surface area contributed by atoms with E-state index in [0.717, 1.165) is 5.69 Å². The Morgan fingerprint density at radius 1 is 1.50 bits per heavy atom. The maximum absolute atomic E-state index is 11.6. The van der Waals surface area contributed by atoms with Crippen LogP contribution < -0.4 is 5.32 Å². The molecule has 1 N–H and O–H groups in total. The van der Waals surface area contributed by atoms with Crippen LogP contribution in [-0.4, -0.2) is 28.0 Å². The van der Waals surface area contributed by atoms with E-state index in [9.17, 15) is 4.79 Å². The fourth-order valence-electron chi connectivity index (χ4n) is 1.36. The molecule has 94 valence electrons. The van der Waals surface area contributed by atoms with Crippen LogP contribution in [0.4, 0.5) is 5.82 Å². The van der Waals surface area contributed by atoms with Crippen molar-refractivity contribution in [3.05, 3.63) is 34.2 Å². The molecule has 0 fully saturated rings. The van der Waals surface area contributed by atoms with Crippen molar-refractivity contribution < 1.29 is 9.53 Å². The van der Waals surface area contributed by atoms with Gasteiger partial charge in [0.25, 0.3) is 0 Å². The number of ether oxygens (including phenoxy) is 1. The van der Waals surface area contributed by atoms with E-state index in [-0.39, 0.29) is 0 Å². The molecule has 7 heteroatoms. The van der Waals surface area contributed by atoms with Gasteiger partial charge in [0, 0.05) is 11.6 Å². The SMILES string of the molecule is COC(=O)c1cnc(C)nc1NCc1cscn1. The van der Waals surface area contributed by atoms with Gasteiger partial charge in [-0.1, -0.05) is 0 Å². The van der Waals surface area contributed by atoms with E-state index >= 15 is 0 Å². The number of carbonyl (C=O) groups is 1. The van der Waals surface area contributed by atoms with Crippen molar-refractivity contribution in [2.24, 2.45) is 0 Å². The average molecular weight is 264 g/mol. The van der Waals surface area contributed by atoms with Gasteiger partial charge in [0.1, 0.15) is 17.2 Å². The number of carbonyl (C=O) groups excluding carboxylic acids is 1. The van der Waals surface area contributed by atoms with Crippen LogP contribution in [0, 0.1) is 6.92 Å². The van der Waals surface area contributed by atoms with Crippen molar-refractivity contribution >= 4 is 23.1 Å². The summed E-state index contributed by atoms with van der Waals surface area (Å²) in [6.07, 6.45) is 1.46. The van der Waals surface area contributed by atoms with E-state index < -0.39 is 5.97 Å². The van der Waals surface area contributed by atoms with Gasteiger partial charge >= 0.3 is 5.97 Å². The molecule has 2 aromatic heterocycles. The molecule has 0 atom stereocenters. The number of nitrogens with one attached hydrogen (secondary N) is 1. The summed E-state index contributed by atoms with van der Waals surface area (Å²) in [6, 6.07) is 0. The Kier molecular flexibility index (Phi) is 3.83. The number of thiazole rings is 1. The number of nitrogens with zero attached hydrogens (tertiary/aromatic N) is 3. The summed E-state index contributed by atoms with van der Waals surface area (Å²) >= 11 is 1.52. The second kappa shape index (κ2) is 5.54. The third kappa shape index (κ3) is 2.80. The second-order valence-corrected chi connectivity index (χ2v) is 4.22. The quantitative estimate of drug-likeness (QED) is 0.846. The van der Waals surface area contributed by atoms with Gasteiger partial charge in [-0.3, -0.25) is 0 Å². The second-order valence-electron chi connectivity index (χ2n) is 3.50. The minimum atomic E-state index is -0.462. The highest BCUT2D eigenvalue weighted by Gasteiger charge is 2.14. The summed E-state index contributed by atoms with van der Waals surface area (Å²) in [4.78, 5) is 23.9. The van der Waals surface area contributed by atoms with Gasteiger partial charge in [0.15, 0.2) is 0 Å². The molecule has 0 amide bonds. The Morgan fingerprint density at radius 2 is 2.33 bits per heavy atom. The van der Waals surface area contributed by atoms with Crippen LogP contribution in [0.25, 0.3) is 0 Å². The molecule has 2 heterocycles. The molecular formula is C11H12N4O2S. The van der Waals surface area contributed by atoms with Crippen molar-refractivity contribution in [3.63, 3.8) is 0 Å². The minimum Gasteiger partial charge on any atom is -0.465 e. The van der Waals surface area contributed by atoms with Gasteiger partial charge in [0.2, 0.25) is 0 Å². The van der Waals surface area contributed by atoms with Crippen LogP contribution in [0.15, 0.2) is 17.1 Å². The molecule has 18 heavy (non-hydrogen) atoms. The number of aromatic nitrogens is 3. The Labute approximate surface area is 108 Å². The predicted octanol–water partition coefficient (Wildman–Crippen LogP) is 1.64. The predicted molar refractivity (Wildman–Crippen MR) is 67.5 cm³/mol. The molecule has 2 aromatic rings. The van der Waals surface area contributed by atoms with E-state index in [1.54, 1.807) is 12.4 Å². The highest BCUT2D eigenvalue weighted by molar-refractivity contribution is 7.07. The monoisotopic (exact) mass is 264 g/mol. The van der Waals surface area contributed by atoms with E-state index in [2.05, 4.69) is 25.0 Å². The molecule has 2 rings (SSSR count). The molecule has 0 aliphatic heterocycles. The van der Waals surface area contributed by atoms with E-state index in [0.29, 0.717) is 23.8 Å². The summed E-state index contributed by atoms with van der Waals surface area (Å²) in [5.41, 5.74) is 2.97. The average Bonchev–Trinajstić information content (AvgIpc) is 2.88. The summed E-state index contributed by atoms with van der Waals surface area (Å²) < 4.78 is 4.68. The van der Waals surface area contributed by atoms with Gasteiger partial charge < -0.3 is 10.1 Å². The Balaban J connectivity index is 2.19. The number of hydrogen-bond acceptors (Lipinski definition) is 7. The standard InChI is InChI=1S/C11H12N4O2S/c1-7-12-4-9(11(16)17-2)10(15-7)13-3-8-5-18-6-14-8/h4-6H,3H2,1-2H3,(H,12,13,15). The number of methoxy groups -OCH3 is 1. The lowest BCUT2D eigenvalue weighted by molar-refractivity contribution is 0.0601. The first-order valence-electron chi connectivity index (χ1n) is 5.23. The minimum absolute atomic E-state index is 0.318. The van der Waals surface area contributed by atoms with Crippen molar-refractivity contribution in [3.8, 4) is 0 Å². The molecule has 0 radical (unpaired) electrons. The van der Waals surface area contributed by atoms with Crippen LogP contribution in [0.1, 0.15) is 21.9 Å². The number of hydrogen-bond donors (Lipinski definition) is 1. The number of rotatable bonds is 4. The van der Waals surface area contributed by atoms with Crippen LogP contribution in [0.2, 0.25) is 0 Å². The van der Waals surface area contributed by atoms with E-state index in [1.807, 2.05) is 5.38 Å².